The van der Waals surface area contributed by atoms with Crippen molar-refractivity contribution in [1.29, 1.82) is 0 Å². The fourth-order valence-electron chi connectivity index (χ4n) is 1.98. The van der Waals surface area contributed by atoms with Crippen LogP contribution in [0.3, 0.4) is 0 Å². The molecule has 0 aliphatic heterocycles. The van der Waals surface area contributed by atoms with Gasteiger partial charge in [0.2, 0.25) is 0 Å². The van der Waals surface area contributed by atoms with Gasteiger partial charge in [-0.15, -0.1) is 0 Å². The second kappa shape index (κ2) is 6.78. The molecule has 2 nitrogen and oxygen atoms in total. The SMILES string of the molecule is COc1cccc(CCC(=O)c2c(Cl)cccc2Cl)c1. The molecule has 104 valence electrons. The Hall–Kier alpha value is -1.51. The highest BCUT2D eigenvalue weighted by molar-refractivity contribution is 6.39. The van der Waals surface area contributed by atoms with Crippen molar-refractivity contribution in [3.8, 4) is 5.75 Å². The monoisotopic (exact) mass is 308 g/mol. The molecule has 0 aliphatic rings. The van der Waals surface area contributed by atoms with Gasteiger partial charge in [0.15, 0.2) is 5.78 Å². The first kappa shape index (κ1) is 14.9. The molecule has 0 aromatic heterocycles. The Labute approximate surface area is 128 Å². The number of carbonyl (C=O) groups excluding carboxylic acids is 1. The summed E-state index contributed by atoms with van der Waals surface area (Å²) in [7, 11) is 1.62. The number of rotatable bonds is 5. The van der Waals surface area contributed by atoms with E-state index in [0.29, 0.717) is 28.5 Å². The van der Waals surface area contributed by atoms with Crippen molar-refractivity contribution in [3.05, 3.63) is 63.6 Å². The number of ketones is 1. The van der Waals surface area contributed by atoms with E-state index in [1.165, 1.54) is 0 Å². The lowest BCUT2D eigenvalue weighted by molar-refractivity contribution is 0.0983. The molecule has 2 rings (SSSR count). The third-order valence-corrected chi connectivity index (χ3v) is 3.65. The van der Waals surface area contributed by atoms with Crippen molar-refractivity contribution in [2.45, 2.75) is 12.8 Å². The van der Waals surface area contributed by atoms with Crippen LogP contribution in [-0.2, 0) is 6.42 Å². The van der Waals surface area contributed by atoms with Crippen LogP contribution in [0.4, 0.5) is 0 Å². The van der Waals surface area contributed by atoms with Gasteiger partial charge in [0.1, 0.15) is 5.75 Å². The van der Waals surface area contributed by atoms with Crippen molar-refractivity contribution in [1.82, 2.24) is 0 Å². The molecular formula is C16H14Cl2O2. The summed E-state index contributed by atoms with van der Waals surface area (Å²) in [6.07, 6.45) is 0.980. The van der Waals surface area contributed by atoms with Gasteiger partial charge in [0.25, 0.3) is 0 Å². The number of methoxy groups -OCH3 is 1. The maximum Gasteiger partial charge on any atom is 0.166 e. The largest absolute Gasteiger partial charge is 0.497 e. The molecule has 0 radical (unpaired) electrons. The van der Waals surface area contributed by atoms with Crippen molar-refractivity contribution in [2.24, 2.45) is 0 Å². The Kier molecular flexibility index (Phi) is 5.05. The van der Waals surface area contributed by atoms with Gasteiger partial charge in [-0.2, -0.15) is 0 Å². The second-order valence-electron chi connectivity index (χ2n) is 4.37. The van der Waals surface area contributed by atoms with E-state index in [1.54, 1.807) is 25.3 Å². The predicted octanol–water partition coefficient (Wildman–Crippen LogP) is 4.82. The average Bonchev–Trinajstić information content (AvgIpc) is 2.45. The predicted molar refractivity (Wildman–Crippen MR) is 82.1 cm³/mol. The molecule has 4 heteroatoms. The van der Waals surface area contributed by atoms with Crippen LogP contribution in [0.2, 0.25) is 10.0 Å². The third kappa shape index (κ3) is 3.53. The topological polar surface area (TPSA) is 26.3 Å². The highest BCUT2D eigenvalue weighted by atomic mass is 35.5. The Morgan fingerprint density at radius 2 is 1.75 bits per heavy atom. The van der Waals surface area contributed by atoms with Crippen LogP contribution in [-0.4, -0.2) is 12.9 Å². The maximum atomic E-state index is 12.2. The van der Waals surface area contributed by atoms with Gasteiger partial charge in [-0.25, -0.2) is 0 Å². The average molecular weight is 309 g/mol. The molecule has 0 aliphatic carbocycles. The summed E-state index contributed by atoms with van der Waals surface area (Å²) in [6.45, 7) is 0. The van der Waals surface area contributed by atoms with Crippen LogP contribution < -0.4 is 4.74 Å². The molecule has 2 aromatic rings. The van der Waals surface area contributed by atoms with Crippen LogP contribution in [0, 0.1) is 0 Å². The Bertz CT molecular complexity index is 603. The van der Waals surface area contributed by atoms with Gasteiger partial charge in [0, 0.05) is 6.42 Å². The zero-order valence-corrected chi connectivity index (χ0v) is 12.5. The number of hydrogen-bond donors (Lipinski definition) is 0. The molecule has 0 saturated heterocycles. The Morgan fingerprint density at radius 1 is 1.10 bits per heavy atom. The lowest BCUT2D eigenvalue weighted by atomic mass is 10.0. The van der Waals surface area contributed by atoms with Gasteiger partial charge < -0.3 is 4.74 Å². The van der Waals surface area contributed by atoms with E-state index < -0.39 is 0 Å². The van der Waals surface area contributed by atoms with Crippen LogP contribution >= 0.6 is 23.2 Å². The first-order valence-corrected chi connectivity index (χ1v) is 6.97. The van der Waals surface area contributed by atoms with Gasteiger partial charge in [-0.05, 0) is 36.2 Å². The summed E-state index contributed by atoms with van der Waals surface area (Å²) in [6, 6.07) is 12.7. The first-order valence-electron chi connectivity index (χ1n) is 6.22. The number of benzene rings is 2. The van der Waals surface area contributed by atoms with Crippen LogP contribution in [0.1, 0.15) is 22.3 Å². The molecule has 0 atom stereocenters. The number of carbonyl (C=O) groups is 1. The molecule has 20 heavy (non-hydrogen) atoms. The van der Waals surface area contributed by atoms with E-state index in [1.807, 2.05) is 24.3 Å². The molecule has 0 bridgehead atoms. The maximum absolute atomic E-state index is 12.2. The molecule has 0 amide bonds. The van der Waals surface area contributed by atoms with Gasteiger partial charge in [-0.1, -0.05) is 41.4 Å². The fourth-order valence-corrected chi connectivity index (χ4v) is 2.58. The number of hydrogen-bond acceptors (Lipinski definition) is 2. The highest BCUT2D eigenvalue weighted by Gasteiger charge is 2.14. The van der Waals surface area contributed by atoms with E-state index >= 15 is 0 Å². The molecule has 0 saturated carbocycles. The van der Waals surface area contributed by atoms with Crippen molar-refractivity contribution in [2.75, 3.05) is 7.11 Å². The van der Waals surface area contributed by atoms with Crippen molar-refractivity contribution >= 4 is 29.0 Å². The summed E-state index contributed by atoms with van der Waals surface area (Å²) >= 11 is 12.1. The normalized spacial score (nSPS) is 10.3. The molecule has 0 N–H and O–H groups in total. The van der Waals surface area contributed by atoms with E-state index in [-0.39, 0.29) is 5.78 Å². The third-order valence-electron chi connectivity index (χ3n) is 3.02. The van der Waals surface area contributed by atoms with Gasteiger partial charge >= 0.3 is 0 Å². The molecule has 0 heterocycles. The quantitative estimate of drug-likeness (QED) is 0.740. The van der Waals surface area contributed by atoms with Crippen molar-refractivity contribution < 1.29 is 9.53 Å². The smallest absolute Gasteiger partial charge is 0.166 e. The summed E-state index contributed by atoms with van der Waals surface area (Å²) in [5.74, 6) is 0.731. The minimum Gasteiger partial charge on any atom is -0.497 e. The van der Waals surface area contributed by atoms with Crippen molar-refractivity contribution in [3.63, 3.8) is 0 Å². The number of Topliss-reactive ketones (excluding diaryl/α,β-unsaturated/α-hetero) is 1. The minimum absolute atomic E-state index is 0.0524. The fraction of sp³-hybridized carbons (Fsp3) is 0.188. The number of aryl methyl sites for hydroxylation is 1. The minimum atomic E-state index is -0.0524. The highest BCUT2D eigenvalue weighted by Crippen LogP contribution is 2.26. The molecule has 0 spiro atoms. The molecule has 0 fully saturated rings. The molecule has 2 aromatic carbocycles. The summed E-state index contributed by atoms with van der Waals surface area (Å²) < 4.78 is 5.16. The van der Waals surface area contributed by atoms with Crippen LogP contribution in [0.5, 0.6) is 5.75 Å². The summed E-state index contributed by atoms with van der Waals surface area (Å²) in [5, 5.41) is 0.793. The zero-order valence-electron chi connectivity index (χ0n) is 11.0. The lowest BCUT2D eigenvalue weighted by Gasteiger charge is -2.07. The van der Waals surface area contributed by atoms with E-state index in [2.05, 4.69) is 0 Å². The molecular weight excluding hydrogens is 295 g/mol. The standard InChI is InChI=1S/C16H14Cl2O2/c1-20-12-5-2-4-11(10-12)8-9-15(19)16-13(17)6-3-7-14(16)18/h2-7,10H,8-9H2,1H3. The Balaban J connectivity index is 2.09. The van der Waals surface area contributed by atoms with Gasteiger partial charge in [0.05, 0.1) is 22.7 Å². The summed E-state index contributed by atoms with van der Waals surface area (Å²) in [4.78, 5) is 12.2. The van der Waals surface area contributed by atoms with Crippen LogP contribution in [0.25, 0.3) is 0 Å². The summed E-state index contributed by atoms with van der Waals surface area (Å²) in [5.41, 5.74) is 1.44. The van der Waals surface area contributed by atoms with Crippen LogP contribution in [0.15, 0.2) is 42.5 Å². The van der Waals surface area contributed by atoms with E-state index in [0.717, 1.165) is 11.3 Å². The van der Waals surface area contributed by atoms with E-state index in [4.69, 9.17) is 27.9 Å². The number of ether oxygens (including phenoxy) is 1. The Morgan fingerprint density at radius 3 is 2.40 bits per heavy atom. The second-order valence-corrected chi connectivity index (χ2v) is 5.19. The van der Waals surface area contributed by atoms with Gasteiger partial charge in [-0.3, -0.25) is 4.79 Å². The van der Waals surface area contributed by atoms with E-state index in [9.17, 15) is 4.79 Å². The first-order chi connectivity index (χ1) is 9.61. The number of halogens is 2. The lowest BCUT2D eigenvalue weighted by Crippen LogP contribution is -2.03. The molecule has 0 unspecified atom stereocenters. The zero-order chi connectivity index (χ0) is 14.5.